The van der Waals surface area contributed by atoms with Gasteiger partial charge in [-0.15, -0.1) is 11.8 Å². The molecule has 0 fully saturated rings. The topological polar surface area (TPSA) is 92.2 Å². The summed E-state index contributed by atoms with van der Waals surface area (Å²) in [6.07, 6.45) is 0. The summed E-state index contributed by atoms with van der Waals surface area (Å²) in [7, 11) is 0. The van der Waals surface area contributed by atoms with Gasteiger partial charge in [-0.05, 0) is 19.1 Å². The maximum absolute atomic E-state index is 12.0. The highest BCUT2D eigenvalue weighted by atomic mass is 35.5. The van der Waals surface area contributed by atoms with Gasteiger partial charge in [0.15, 0.2) is 0 Å². The van der Waals surface area contributed by atoms with E-state index in [1.54, 1.807) is 13.0 Å². The molecule has 1 aromatic carbocycles. The lowest BCUT2D eigenvalue weighted by Gasteiger charge is -2.03. The molecule has 0 radical (unpaired) electrons. The van der Waals surface area contributed by atoms with E-state index < -0.39 is 0 Å². The van der Waals surface area contributed by atoms with Crippen LogP contribution in [0.2, 0.25) is 5.02 Å². The molecule has 0 aliphatic rings. The fraction of sp³-hybridized carbons (Fsp3) is 0.143. The van der Waals surface area contributed by atoms with Crippen LogP contribution in [0.4, 0.5) is 5.95 Å². The number of aryl methyl sites for hydroxylation is 1. The fourth-order valence-corrected chi connectivity index (χ4v) is 2.96. The van der Waals surface area contributed by atoms with Gasteiger partial charge < -0.3 is 0 Å². The number of carbonyl (C=O) groups is 1. The minimum absolute atomic E-state index is 0.169. The molecule has 0 saturated heterocycles. The summed E-state index contributed by atoms with van der Waals surface area (Å²) in [5, 5.41) is 5.89. The van der Waals surface area contributed by atoms with Crippen molar-refractivity contribution in [2.24, 2.45) is 0 Å². The number of anilines is 1. The molecule has 23 heavy (non-hydrogen) atoms. The van der Waals surface area contributed by atoms with Crippen LogP contribution in [-0.2, 0) is 4.79 Å². The van der Waals surface area contributed by atoms with E-state index in [1.807, 2.05) is 18.2 Å². The Kier molecular flexibility index (Phi) is 4.35. The van der Waals surface area contributed by atoms with E-state index >= 15 is 0 Å². The van der Waals surface area contributed by atoms with Crippen LogP contribution in [0.25, 0.3) is 5.78 Å². The standard InChI is InChI=1S/C14H12ClN5O2S/c1-8-6-12(22)20-14(16-8)18-13(19-20)17-11(21)7-23-10-5-3-2-4-9(10)15/h2-6H,7H2,1H3,(H2,16,17,18,19,21). The Morgan fingerprint density at radius 2 is 2.17 bits per heavy atom. The molecule has 0 bridgehead atoms. The summed E-state index contributed by atoms with van der Waals surface area (Å²) < 4.78 is 1.17. The number of rotatable bonds is 4. The molecule has 2 N–H and O–H groups in total. The number of H-pyrrole nitrogens is 1. The van der Waals surface area contributed by atoms with Crippen molar-refractivity contribution in [2.45, 2.75) is 11.8 Å². The number of aromatic amines is 1. The van der Waals surface area contributed by atoms with Gasteiger partial charge in [0.25, 0.3) is 11.3 Å². The van der Waals surface area contributed by atoms with Crippen molar-refractivity contribution < 1.29 is 4.79 Å². The molecule has 0 aliphatic carbocycles. The average Bonchev–Trinajstić information content (AvgIpc) is 2.89. The molecule has 0 saturated carbocycles. The molecule has 2 heterocycles. The van der Waals surface area contributed by atoms with Crippen LogP contribution in [0, 0.1) is 6.92 Å². The molecule has 9 heteroatoms. The normalized spacial score (nSPS) is 10.9. The maximum atomic E-state index is 12.0. The molecular formula is C14H12ClN5O2S. The summed E-state index contributed by atoms with van der Waals surface area (Å²) in [5.41, 5.74) is 0.277. The second-order valence-electron chi connectivity index (χ2n) is 4.71. The van der Waals surface area contributed by atoms with E-state index in [1.165, 1.54) is 22.3 Å². The highest BCUT2D eigenvalue weighted by Gasteiger charge is 2.10. The van der Waals surface area contributed by atoms with Crippen LogP contribution >= 0.6 is 23.4 Å². The highest BCUT2D eigenvalue weighted by molar-refractivity contribution is 8.00. The maximum Gasteiger partial charge on any atom is 0.274 e. The molecule has 7 nitrogen and oxygen atoms in total. The number of fused-ring (bicyclic) bond motifs is 1. The number of nitrogens with one attached hydrogen (secondary N) is 2. The monoisotopic (exact) mass is 349 g/mol. The first kappa shape index (κ1) is 15.6. The minimum Gasteiger partial charge on any atom is -0.294 e. The molecule has 0 aliphatic heterocycles. The van der Waals surface area contributed by atoms with E-state index in [0.29, 0.717) is 10.7 Å². The summed E-state index contributed by atoms with van der Waals surface area (Å²) in [5.74, 6) is 0.287. The lowest BCUT2D eigenvalue weighted by atomic mass is 10.4. The lowest BCUT2D eigenvalue weighted by Crippen LogP contribution is -2.16. The predicted octanol–water partition coefficient (Wildman–Crippen LogP) is 2.11. The zero-order valence-electron chi connectivity index (χ0n) is 12.0. The number of amides is 1. The highest BCUT2D eigenvalue weighted by Crippen LogP contribution is 2.26. The van der Waals surface area contributed by atoms with Crippen molar-refractivity contribution in [3.63, 3.8) is 0 Å². The van der Waals surface area contributed by atoms with Gasteiger partial charge in [0, 0.05) is 16.7 Å². The zero-order chi connectivity index (χ0) is 16.4. The Morgan fingerprint density at radius 1 is 1.39 bits per heavy atom. The van der Waals surface area contributed by atoms with E-state index in [4.69, 9.17) is 11.6 Å². The van der Waals surface area contributed by atoms with Crippen molar-refractivity contribution in [2.75, 3.05) is 11.1 Å². The predicted molar refractivity (Wildman–Crippen MR) is 89.2 cm³/mol. The Balaban J connectivity index is 1.70. The van der Waals surface area contributed by atoms with Crippen LogP contribution in [0.1, 0.15) is 5.69 Å². The SMILES string of the molecule is Cc1cc(=O)n2[nH]c(NC(=O)CSc3ccccc3Cl)nc2n1. The van der Waals surface area contributed by atoms with Gasteiger partial charge in [-0.25, -0.2) is 4.98 Å². The quantitative estimate of drug-likeness (QED) is 0.704. The van der Waals surface area contributed by atoms with E-state index in [0.717, 1.165) is 4.90 Å². The smallest absolute Gasteiger partial charge is 0.274 e. The Labute approximate surface area is 140 Å². The van der Waals surface area contributed by atoms with Crippen molar-refractivity contribution in [3.8, 4) is 0 Å². The molecule has 2 aromatic heterocycles. The average molecular weight is 350 g/mol. The molecule has 0 unspecified atom stereocenters. The first-order valence-corrected chi connectivity index (χ1v) is 8.03. The molecule has 0 atom stereocenters. The summed E-state index contributed by atoms with van der Waals surface area (Å²) in [6.45, 7) is 1.70. The van der Waals surface area contributed by atoms with Crippen molar-refractivity contribution >= 4 is 41.0 Å². The van der Waals surface area contributed by atoms with E-state index in [9.17, 15) is 9.59 Å². The van der Waals surface area contributed by atoms with Gasteiger partial charge >= 0.3 is 0 Å². The van der Waals surface area contributed by atoms with E-state index in [2.05, 4.69) is 20.4 Å². The summed E-state index contributed by atoms with van der Waals surface area (Å²) in [4.78, 5) is 32.8. The van der Waals surface area contributed by atoms with Gasteiger partial charge in [0.1, 0.15) is 0 Å². The van der Waals surface area contributed by atoms with Crippen LogP contribution in [0.15, 0.2) is 40.0 Å². The van der Waals surface area contributed by atoms with Crippen LogP contribution < -0.4 is 10.9 Å². The third-order valence-electron chi connectivity index (χ3n) is 2.91. The van der Waals surface area contributed by atoms with Gasteiger partial charge in [0.2, 0.25) is 11.9 Å². The lowest BCUT2D eigenvalue weighted by molar-refractivity contribution is -0.113. The second-order valence-corrected chi connectivity index (χ2v) is 6.14. The van der Waals surface area contributed by atoms with Crippen LogP contribution in [-0.4, -0.2) is 31.2 Å². The number of halogens is 1. The first-order chi connectivity index (χ1) is 11.0. The third-order valence-corrected chi connectivity index (χ3v) is 4.43. The zero-order valence-corrected chi connectivity index (χ0v) is 13.6. The number of aromatic nitrogens is 4. The Bertz CT molecular complexity index is 936. The summed E-state index contributed by atoms with van der Waals surface area (Å²) in [6, 6.07) is 8.67. The fourth-order valence-electron chi connectivity index (χ4n) is 1.92. The number of carbonyl (C=O) groups excluding carboxylic acids is 1. The number of benzene rings is 1. The van der Waals surface area contributed by atoms with Gasteiger partial charge in [-0.3, -0.25) is 20.0 Å². The first-order valence-electron chi connectivity index (χ1n) is 6.66. The third kappa shape index (κ3) is 3.54. The van der Waals surface area contributed by atoms with Crippen molar-refractivity contribution in [1.82, 2.24) is 19.6 Å². The van der Waals surface area contributed by atoms with E-state index in [-0.39, 0.29) is 28.9 Å². The van der Waals surface area contributed by atoms with Crippen LogP contribution in [0.5, 0.6) is 0 Å². The number of hydrogen-bond donors (Lipinski definition) is 2. The molecule has 1 amide bonds. The number of thioether (sulfide) groups is 1. The molecule has 118 valence electrons. The van der Waals surface area contributed by atoms with Crippen molar-refractivity contribution in [3.05, 3.63) is 51.4 Å². The second kappa shape index (κ2) is 6.43. The van der Waals surface area contributed by atoms with Crippen molar-refractivity contribution in [1.29, 1.82) is 0 Å². The molecule has 3 rings (SSSR count). The Morgan fingerprint density at radius 3 is 2.96 bits per heavy atom. The minimum atomic E-state index is -0.286. The van der Waals surface area contributed by atoms with Gasteiger partial charge in [-0.1, -0.05) is 23.7 Å². The molecular weight excluding hydrogens is 338 g/mol. The van der Waals surface area contributed by atoms with Gasteiger partial charge in [0.05, 0.1) is 10.8 Å². The van der Waals surface area contributed by atoms with Crippen LogP contribution in [0.3, 0.4) is 0 Å². The number of hydrogen-bond acceptors (Lipinski definition) is 5. The molecule has 0 spiro atoms. The largest absolute Gasteiger partial charge is 0.294 e. The Hall–Kier alpha value is -2.32. The van der Waals surface area contributed by atoms with Gasteiger partial charge in [-0.2, -0.15) is 9.50 Å². The summed E-state index contributed by atoms with van der Waals surface area (Å²) >= 11 is 7.35. The molecule has 3 aromatic rings. The number of nitrogens with zero attached hydrogens (tertiary/aromatic N) is 3.